The first-order chi connectivity index (χ1) is 4.47. The summed E-state index contributed by atoms with van der Waals surface area (Å²) in [5.74, 6) is 0. The van der Waals surface area contributed by atoms with Crippen molar-refractivity contribution in [2.75, 3.05) is 11.9 Å². The zero-order chi connectivity index (χ0) is 6.10. The van der Waals surface area contributed by atoms with E-state index in [1.165, 1.54) is 5.56 Å². The van der Waals surface area contributed by atoms with Gasteiger partial charge in [-0.25, -0.2) is 0 Å². The number of hydrogen-bond donors (Lipinski definition) is 1. The molecule has 2 heterocycles. The molecule has 0 unspecified atom stereocenters. The van der Waals surface area contributed by atoms with E-state index in [1.807, 2.05) is 0 Å². The Morgan fingerprint density at radius 2 is 2.67 bits per heavy atom. The summed E-state index contributed by atoms with van der Waals surface area (Å²) < 4.78 is 0. The Morgan fingerprint density at radius 3 is 3.56 bits per heavy atom. The first kappa shape index (κ1) is 4.73. The van der Waals surface area contributed by atoms with Crippen molar-refractivity contribution in [3.05, 3.63) is 18.0 Å². The van der Waals surface area contributed by atoms with Crippen molar-refractivity contribution >= 4 is 5.69 Å². The molecule has 0 saturated heterocycles. The minimum atomic E-state index is 0.999. The Hall–Kier alpha value is -1.12. The number of rotatable bonds is 0. The summed E-state index contributed by atoms with van der Waals surface area (Å²) in [6, 6.07) is 0. The predicted octanol–water partition coefficient (Wildman–Crippen LogP) is 0.245. The molecule has 1 aromatic rings. The molecule has 3 nitrogen and oxygen atoms in total. The third-order valence-corrected chi connectivity index (χ3v) is 1.45. The van der Waals surface area contributed by atoms with Gasteiger partial charge in [0.05, 0.1) is 11.9 Å². The molecule has 9 heavy (non-hydrogen) atoms. The maximum absolute atomic E-state index is 3.71. The molecule has 1 radical (unpaired) electrons. The lowest BCUT2D eigenvalue weighted by Gasteiger charge is -1.91. The van der Waals surface area contributed by atoms with Gasteiger partial charge in [-0.1, -0.05) is 0 Å². The summed E-state index contributed by atoms with van der Waals surface area (Å²) in [4.78, 5) is 0. The monoisotopic (exact) mass is 120 g/mol. The minimum Gasteiger partial charge on any atom is -0.383 e. The average Bonchev–Trinajstić information content (AvgIpc) is 2.33. The Labute approximate surface area is 53.1 Å². The molecule has 2 rings (SSSR count). The summed E-state index contributed by atoms with van der Waals surface area (Å²) in [7, 11) is 0. The molecule has 1 aromatic heterocycles. The third-order valence-electron chi connectivity index (χ3n) is 1.45. The molecule has 0 amide bonds. The van der Waals surface area contributed by atoms with Crippen molar-refractivity contribution in [1.82, 2.24) is 10.2 Å². The third kappa shape index (κ3) is 0.650. The van der Waals surface area contributed by atoms with E-state index in [2.05, 4.69) is 21.7 Å². The van der Waals surface area contributed by atoms with Crippen molar-refractivity contribution in [1.29, 1.82) is 0 Å². The van der Waals surface area contributed by atoms with Crippen LogP contribution in [0, 0.1) is 6.20 Å². The van der Waals surface area contributed by atoms with Crippen LogP contribution in [0.5, 0.6) is 0 Å². The van der Waals surface area contributed by atoms with E-state index in [4.69, 9.17) is 0 Å². The van der Waals surface area contributed by atoms with Crippen molar-refractivity contribution in [3.8, 4) is 0 Å². The van der Waals surface area contributed by atoms with Gasteiger partial charge in [-0.05, 0) is 12.0 Å². The quantitative estimate of drug-likeness (QED) is 0.533. The van der Waals surface area contributed by atoms with Crippen LogP contribution in [0.4, 0.5) is 5.69 Å². The van der Waals surface area contributed by atoms with Gasteiger partial charge < -0.3 is 5.32 Å². The van der Waals surface area contributed by atoms with Crippen molar-refractivity contribution < 1.29 is 0 Å². The fourth-order valence-electron chi connectivity index (χ4n) is 0.979. The highest BCUT2D eigenvalue weighted by Crippen LogP contribution is 2.16. The number of hydrogen-bond acceptors (Lipinski definition) is 3. The lowest BCUT2D eigenvalue weighted by molar-refractivity contribution is 1.00. The molecule has 1 N–H and O–H groups in total. The van der Waals surface area contributed by atoms with E-state index in [0.717, 1.165) is 18.7 Å². The summed E-state index contributed by atoms with van der Waals surface area (Å²) >= 11 is 0. The smallest absolute Gasteiger partial charge is 0.139 e. The van der Waals surface area contributed by atoms with Gasteiger partial charge in [-0.3, -0.25) is 0 Å². The van der Waals surface area contributed by atoms with Crippen LogP contribution >= 0.6 is 0 Å². The average molecular weight is 120 g/mol. The molecule has 0 atom stereocenters. The van der Waals surface area contributed by atoms with Crippen LogP contribution in [0.25, 0.3) is 0 Å². The van der Waals surface area contributed by atoms with E-state index in [1.54, 1.807) is 6.20 Å². The summed E-state index contributed by atoms with van der Waals surface area (Å²) in [6.07, 6.45) is 5.62. The van der Waals surface area contributed by atoms with Gasteiger partial charge in [0.2, 0.25) is 0 Å². The van der Waals surface area contributed by atoms with Crippen molar-refractivity contribution in [2.45, 2.75) is 6.42 Å². The SMILES string of the molecule is [c]1nncc2c1NCC2. The number of nitrogens with one attached hydrogen (secondary N) is 1. The summed E-state index contributed by atoms with van der Waals surface area (Å²) in [5, 5.41) is 10.5. The molecule has 0 aliphatic carbocycles. The highest BCUT2D eigenvalue weighted by molar-refractivity contribution is 5.51. The van der Waals surface area contributed by atoms with Gasteiger partial charge >= 0.3 is 0 Å². The Kier molecular flexibility index (Phi) is 0.886. The highest BCUT2D eigenvalue weighted by atomic mass is 15.1. The molecule has 0 spiro atoms. The summed E-state index contributed by atoms with van der Waals surface area (Å²) in [6.45, 7) is 0.999. The van der Waals surface area contributed by atoms with Crippen LogP contribution in [0.2, 0.25) is 0 Å². The maximum Gasteiger partial charge on any atom is 0.139 e. The predicted molar refractivity (Wildman–Crippen MR) is 33.1 cm³/mol. The van der Waals surface area contributed by atoms with E-state index < -0.39 is 0 Å². The molecule has 0 aromatic carbocycles. The second kappa shape index (κ2) is 1.69. The van der Waals surface area contributed by atoms with Gasteiger partial charge in [0.15, 0.2) is 0 Å². The zero-order valence-corrected chi connectivity index (χ0v) is 4.89. The lowest BCUT2D eigenvalue weighted by atomic mass is 10.2. The normalized spacial score (nSPS) is 14.7. The van der Waals surface area contributed by atoms with Gasteiger partial charge in [0.1, 0.15) is 6.20 Å². The molecular weight excluding hydrogens is 114 g/mol. The van der Waals surface area contributed by atoms with Crippen LogP contribution in [-0.2, 0) is 6.42 Å². The zero-order valence-electron chi connectivity index (χ0n) is 4.89. The Balaban J connectivity index is 2.54. The van der Waals surface area contributed by atoms with Crippen LogP contribution in [0.1, 0.15) is 5.56 Å². The van der Waals surface area contributed by atoms with Gasteiger partial charge in [0.25, 0.3) is 0 Å². The molecule has 45 valence electrons. The first-order valence-electron chi connectivity index (χ1n) is 2.93. The van der Waals surface area contributed by atoms with Crippen LogP contribution in [-0.4, -0.2) is 16.7 Å². The molecule has 1 aliphatic heterocycles. The van der Waals surface area contributed by atoms with Crippen LogP contribution < -0.4 is 5.32 Å². The Morgan fingerprint density at radius 1 is 1.67 bits per heavy atom. The number of fused-ring (bicyclic) bond motifs is 1. The lowest BCUT2D eigenvalue weighted by Crippen LogP contribution is -1.91. The van der Waals surface area contributed by atoms with Gasteiger partial charge in [-0.15, -0.1) is 5.10 Å². The molecule has 1 aliphatic rings. The highest BCUT2D eigenvalue weighted by Gasteiger charge is 2.08. The topological polar surface area (TPSA) is 37.8 Å². The van der Waals surface area contributed by atoms with Gasteiger partial charge in [-0.2, -0.15) is 5.10 Å². The molecule has 0 saturated carbocycles. The summed E-state index contributed by atoms with van der Waals surface area (Å²) in [5.41, 5.74) is 2.25. The van der Waals surface area contributed by atoms with Crippen LogP contribution in [0.3, 0.4) is 0 Å². The second-order valence-corrected chi connectivity index (χ2v) is 2.03. The van der Waals surface area contributed by atoms with Crippen molar-refractivity contribution in [2.24, 2.45) is 0 Å². The molecule has 0 fully saturated rings. The Bertz CT molecular complexity index is 198. The number of anilines is 1. The van der Waals surface area contributed by atoms with Gasteiger partial charge in [0, 0.05) is 6.54 Å². The van der Waals surface area contributed by atoms with E-state index in [9.17, 15) is 0 Å². The maximum atomic E-state index is 3.71. The number of nitrogens with zero attached hydrogens (tertiary/aromatic N) is 2. The molecule has 3 heteroatoms. The minimum absolute atomic E-state index is 0.999. The largest absolute Gasteiger partial charge is 0.383 e. The van der Waals surface area contributed by atoms with E-state index >= 15 is 0 Å². The molecule has 0 bridgehead atoms. The number of aromatic nitrogens is 2. The first-order valence-corrected chi connectivity index (χ1v) is 2.93. The van der Waals surface area contributed by atoms with E-state index in [0.29, 0.717) is 0 Å². The second-order valence-electron chi connectivity index (χ2n) is 2.03. The standard InChI is InChI=1S/C6H6N3/c1-2-7-6-4-9-8-3-5(1)6/h3,7H,1-2H2. The fraction of sp³-hybridized carbons (Fsp3) is 0.333. The van der Waals surface area contributed by atoms with Crippen LogP contribution in [0.15, 0.2) is 6.20 Å². The van der Waals surface area contributed by atoms with E-state index in [-0.39, 0.29) is 0 Å². The molecular formula is C6H6N3. The fourth-order valence-corrected chi connectivity index (χ4v) is 0.979. The van der Waals surface area contributed by atoms with Crippen molar-refractivity contribution in [3.63, 3.8) is 0 Å².